The number of anilines is 2. The lowest BCUT2D eigenvalue weighted by Crippen LogP contribution is -2.13. The van der Waals surface area contributed by atoms with Gasteiger partial charge in [-0.2, -0.15) is 0 Å². The zero-order valence-electron chi connectivity index (χ0n) is 11.2. The predicted molar refractivity (Wildman–Crippen MR) is 83.0 cm³/mol. The van der Waals surface area contributed by atoms with Crippen molar-refractivity contribution in [3.8, 4) is 0 Å². The lowest BCUT2D eigenvalue weighted by atomic mass is 10.3. The maximum Gasteiger partial charge on any atom is 0.261 e. The molecule has 0 heterocycles. The van der Waals surface area contributed by atoms with Gasteiger partial charge in [-0.15, -0.1) is 0 Å². The maximum absolute atomic E-state index is 12.2. The molecule has 106 valence electrons. The first-order valence-electron chi connectivity index (χ1n) is 5.95. The first kappa shape index (κ1) is 14.7. The molecule has 2 aromatic carbocycles. The van der Waals surface area contributed by atoms with Gasteiger partial charge in [-0.3, -0.25) is 4.72 Å². The summed E-state index contributed by atoms with van der Waals surface area (Å²) in [7, 11) is 0.155. The molecule has 0 fully saturated rings. The molecule has 20 heavy (non-hydrogen) atoms. The van der Waals surface area contributed by atoms with Gasteiger partial charge in [-0.05, 0) is 30.3 Å². The summed E-state index contributed by atoms with van der Waals surface area (Å²) in [4.78, 5) is 2.07. The van der Waals surface area contributed by atoms with Gasteiger partial charge in [0.1, 0.15) is 0 Å². The number of sulfonamides is 1. The highest BCUT2D eigenvalue weighted by atomic mass is 35.5. The van der Waals surface area contributed by atoms with Crippen LogP contribution in [-0.4, -0.2) is 22.5 Å². The second kappa shape index (κ2) is 5.73. The van der Waals surface area contributed by atoms with E-state index in [1.807, 2.05) is 19.0 Å². The number of nitrogens with zero attached hydrogens (tertiary/aromatic N) is 1. The number of nitrogens with one attached hydrogen (secondary N) is 1. The van der Waals surface area contributed by atoms with E-state index in [4.69, 9.17) is 11.6 Å². The highest BCUT2D eigenvalue weighted by Gasteiger charge is 2.14. The molecule has 0 spiro atoms. The van der Waals surface area contributed by atoms with Crippen LogP contribution in [0.3, 0.4) is 0 Å². The standard InChI is InChI=1S/C14H15ClN2O2S/c1-17(2)14-9-8-11(10-13(14)15)16-20(18,19)12-6-4-3-5-7-12/h3-10,16H,1-2H3. The molecule has 0 atom stereocenters. The molecule has 0 saturated carbocycles. The number of benzene rings is 2. The summed E-state index contributed by atoms with van der Waals surface area (Å²) < 4.78 is 26.8. The molecule has 0 unspecified atom stereocenters. The average molecular weight is 311 g/mol. The van der Waals surface area contributed by atoms with E-state index in [2.05, 4.69) is 4.72 Å². The quantitative estimate of drug-likeness (QED) is 0.943. The van der Waals surface area contributed by atoms with Crippen LogP contribution in [0.25, 0.3) is 0 Å². The normalized spacial score (nSPS) is 11.2. The summed E-state index contributed by atoms with van der Waals surface area (Å²) >= 11 is 6.12. The fourth-order valence-corrected chi connectivity index (χ4v) is 3.17. The van der Waals surface area contributed by atoms with Crippen LogP contribution in [0.15, 0.2) is 53.4 Å². The fourth-order valence-electron chi connectivity index (χ4n) is 1.75. The summed E-state index contributed by atoms with van der Waals surface area (Å²) in [6.45, 7) is 0. The van der Waals surface area contributed by atoms with Gasteiger partial charge in [0.2, 0.25) is 0 Å². The van der Waals surface area contributed by atoms with E-state index in [9.17, 15) is 8.42 Å². The lowest BCUT2D eigenvalue weighted by Gasteiger charge is -2.15. The van der Waals surface area contributed by atoms with Crippen LogP contribution < -0.4 is 9.62 Å². The minimum Gasteiger partial charge on any atom is -0.376 e. The van der Waals surface area contributed by atoms with Gasteiger partial charge in [0.25, 0.3) is 10.0 Å². The van der Waals surface area contributed by atoms with Crippen LogP contribution in [0.4, 0.5) is 11.4 Å². The maximum atomic E-state index is 12.2. The van der Waals surface area contributed by atoms with Gasteiger partial charge in [0.05, 0.1) is 21.3 Å². The molecular formula is C14H15ClN2O2S. The number of rotatable bonds is 4. The van der Waals surface area contributed by atoms with Crippen LogP contribution in [0.1, 0.15) is 0 Å². The van der Waals surface area contributed by atoms with Crippen LogP contribution in [-0.2, 0) is 10.0 Å². The van der Waals surface area contributed by atoms with Gasteiger partial charge in [0, 0.05) is 14.1 Å². The Morgan fingerprint density at radius 2 is 1.70 bits per heavy atom. The number of hydrogen-bond acceptors (Lipinski definition) is 3. The first-order valence-corrected chi connectivity index (χ1v) is 7.81. The number of halogens is 1. The van der Waals surface area contributed by atoms with Gasteiger partial charge >= 0.3 is 0 Å². The second-order valence-corrected chi connectivity index (χ2v) is 6.57. The Labute approximate surface area is 124 Å². The van der Waals surface area contributed by atoms with Crippen molar-refractivity contribution in [2.75, 3.05) is 23.7 Å². The fraction of sp³-hybridized carbons (Fsp3) is 0.143. The zero-order chi connectivity index (χ0) is 14.8. The van der Waals surface area contributed by atoms with E-state index >= 15 is 0 Å². The first-order chi connectivity index (χ1) is 9.40. The van der Waals surface area contributed by atoms with Crippen molar-refractivity contribution >= 4 is 33.0 Å². The molecular weight excluding hydrogens is 296 g/mol. The Bertz CT molecular complexity index is 700. The van der Waals surface area contributed by atoms with Crippen molar-refractivity contribution in [2.45, 2.75) is 4.90 Å². The van der Waals surface area contributed by atoms with E-state index in [-0.39, 0.29) is 4.90 Å². The third-order valence-electron chi connectivity index (χ3n) is 2.74. The van der Waals surface area contributed by atoms with Gasteiger partial charge in [-0.1, -0.05) is 29.8 Å². The SMILES string of the molecule is CN(C)c1ccc(NS(=O)(=O)c2ccccc2)cc1Cl. The summed E-state index contributed by atoms with van der Waals surface area (Å²) in [5.74, 6) is 0. The minimum atomic E-state index is -3.59. The molecule has 0 saturated heterocycles. The van der Waals surface area contributed by atoms with Crippen LogP contribution >= 0.6 is 11.6 Å². The molecule has 0 aliphatic carbocycles. The monoisotopic (exact) mass is 310 g/mol. The molecule has 2 rings (SSSR count). The van der Waals surface area contributed by atoms with Crippen LogP contribution in [0.5, 0.6) is 0 Å². The lowest BCUT2D eigenvalue weighted by molar-refractivity contribution is 0.601. The third kappa shape index (κ3) is 3.23. The largest absolute Gasteiger partial charge is 0.376 e. The van der Waals surface area contributed by atoms with Gasteiger partial charge in [-0.25, -0.2) is 8.42 Å². The molecule has 0 aliphatic rings. The summed E-state index contributed by atoms with van der Waals surface area (Å²) in [6, 6.07) is 13.2. The molecule has 0 aliphatic heterocycles. The van der Waals surface area contributed by atoms with Crippen molar-refractivity contribution in [2.24, 2.45) is 0 Å². The summed E-state index contributed by atoms with van der Waals surface area (Å²) in [5, 5.41) is 0.489. The highest BCUT2D eigenvalue weighted by Crippen LogP contribution is 2.28. The molecule has 0 aromatic heterocycles. The Balaban J connectivity index is 2.29. The Kier molecular flexibility index (Phi) is 4.20. The van der Waals surface area contributed by atoms with E-state index in [1.165, 1.54) is 12.1 Å². The second-order valence-electron chi connectivity index (χ2n) is 4.48. The molecule has 2 aromatic rings. The van der Waals surface area contributed by atoms with Crippen LogP contribution in [0, 0.1) is 0 Å². The van der Waals surface area contributed by atoms with Crippen molar-refractivity contribution < 1.29 is 8.42 Å². The Morgan fingerprint density at radius 3 is 2.25 bits per heavy atom. The smallest absolute Gasteiger partial charge is 0.261 e. The van der Waals surface area contributed by atoms with E-state index < -0.39 is 10.0 Å². The zero-order valence-corrected chi connectivity index (χ0v) is 12.7. The molecule has 1 N–H and O–H groups in total. The Hall–Kier alpha value is -1.72. The van der Waals surface area contributed by atoms with Gasteiger partial charge < -0.3 is 4.90 Å². The average Bonchev–Trinajstić information content (AvgIpc) is 2.39. The van der Waals surface area contributed by atoms with Crippen molar-refractivity contribution in [3.05, 3.63) is 53.6 Å². The molecule has 0 amide bonds. The highest BCUT2D eigenvalue weighted by molar-refractivity contribution is 7.92. The Morgan fingerprint density at radius 1 is 1.05 bits per heavy atom. The summed E-state index contributed by atoms with van der Waals surface area (Å²) in [6.07, 6.45) is 0. The summed E-state index contributed by atoms with van der Waals surface area (Å²) in [5.41, 5.74) is 1.26. The predicted octanol–water partition coefficient (Wildman–Crippen LogP) is 3.21. The molecule has 4 nitrogen and oxygen atoms in total. The van der Waals surface area contributed by atoms with Crippen molar-refractivity contribution in [1.29, 1.82) is 0 Å². The molecule has 0 bridgehead atoms. The van der Waals surface area contributed by atoms with Gasteiger partial charge in [0.15, 0.2) is 0 Å². The van der Waals surface area contributed by atoms with Crippen molar-refractivity contribution in [3.63, 3.8) is 0 Å². The van der Waals surface area contributed by atoms with E-state index in [0.717, 1.165) is 5.69 Å². The minimum absolute atomic E-state index is 0.216. The topological polar surface area (TPSA) is 49.4 Å². The molecule has 6 heteroatoms. The van der Waals surface area contributed by atoms with Crippen molar-refractivity contribution in [1.82, 2.24) is 0 Å². The van der Waals surface area contributed by atoms with Crippen LogP contribution in [0.2, 0.25) is 5.02 Å². The number of hydrogen-bond donors (Lipinski definition) is 1. The molecule has 0 radical (unpaired) electrons. The third-order valence-corrected chi connectivity index (χ3v) is 4.44. The van der Waals surface area contributed by atoms with E-state index in [1.54, 1.807) is 36.4 Å². The van der Waals surface area contributed by atoms with E-state index in [0.29, 0.717) is 10.7 Å².